The SMILES string of the molecule is CCCNC(=O)Nc1cccc(S(=O)(=O)Nc2cccc(C(CC(=O)O)NC(=O)Nc3ccc(NC(=O)NCCCC(=O)N4CCC[C@@H]4C(=O)N[C@@H](CC(C)C)C(=O)NCC(=O)N[C@H](CC(C)C)C(=O)N[C@H](CC(N)=O)C(=O)N[C@@H](C(=O)O[C@@]4(CC)C(=O)OCc5c4cc4n(c5=O)Cc5cc6ccccc6nc5-4)C(C)C)cc3)c2)c1. The number of likely N-dealkylation sites (tertiary alicyclic amines) is 1. The molecule has 0 radical (unpaired) electrons. The van der Waals surface area contributed by atoms with Crippen LogP contribution in [0.1, 0.15) is 148 Å². The molecule has 4 aromatic carbocycles. The molecule has 9 rings (SSSR count). The predicted molar refractivity (Wildman–Crippen MR) is 422 cm³/mol. The lowest BCUT2D eigenvalue weighted by Gasteiger charge is -2.37. The van der Waals surface area contributed by atoms with Crippen LogP contribution in [0.5, 0.6) is 0 Å². The number of rotatable bonds is 36. The van der Waals surface area contributed by atoms with E-state index in [0.717, 1.165) is 10.9 Å². The Balaban J connectivity index is 0.725. The number of carboxylic acid groups (broad SMARTS) is 1. The van der Waals surface area contributed by atoms with Crippen molar-refractivity contribution in [3.05, 3.63) is 142 Å². The summed E-state index contributed by atoms with van der Waals surface area (Å²) >= 11 is 0. The van der Waals surface area contributed by atoms with Crippen LogP contribution < -0.4 is 74.5 Å². The van der Waals surface area contributed by atoms with E-state index in [9.17, 15) is 80.6 Å². The number of sulfonamides is 1. The smallest absolute Gasteiger partial charge is 0.355 e. The molecule has 614 valence electrons. The van der Waals surface area contributed by atoms with Gasteiger partial charge in [-0.1, -0.05) is 91.8 Å². The van der Waals surface area contributed by atoms with Crippen molar-refractivity contribution in [2.45, 2.75) is 179 Å². The molecule has 1 unspecified atom stereocenters. The first kappa shape index (κ1) is 86.5. The Morgan fingerprint density at radius 1 is 0.678 bits per heavy atom. The van der Waals surface area contributed by atoms with Gasteiger partial charge < -0.3 is 88.3 Å². The number of nitrogens with two attached hydrogens (primary N) is 1. The molecule has 36 heteroatoms. The normalized spacial score (nSPS) is 16.0. The summed E-state index contributed by atoms with van der Waals surface area (Å²) in [7, 11) is -4.22. The molecule has 15 N–H and O–H groups in total. The molecule has 13 amide bonds. The molecule has 1 fully saturated rings. The van der Waals surface area contributed by atoms with Gasteiger partial charge in [-0.05, 0) is 141 Å². The number of esters is 2. The van der Waals surface area contributed by atoms with Gasteiger partial charge in [0.2, 0.25) is 47.0 Å². The molecule has 1 saturated heterocycles. The topological polar surface area (TPSA) is 503 Å². The zero-order chi connectivity index (χ0) is 83.6. The number of anilines is 4. The largest absolute Gasteiger partial charge is 0.481 e. The molecular weight excluding hydrogens is 1510 g/mol. The molecule has 2 aromatic heterocycles. The number of cyclic esters (lactones) is 1. The second-order valence-electron chi connectivity index (χ2n) is 29.5. The van der Waals surface area contributed by atoms with E-state index in [0.29, 0.717) is 42.0 Å². The van der Waals surface area contributed by atoms with Gasteiger partial charge in [-0.3, -0.25) is 47.9 Å². The second-order valence-corrected chi connectivity index (χ2v) is 31.2. The second kappa shape index (κ2) is 38.8. The number of primary amides is 1. The Kier molecular flexibility index (Phi) is 29.2. The van der Waals surface area contributed by atoms with Crippen molar-refractivity contribution in [3.63, 3.8) is 0 Å². The minimum absolute atomic E-state index is 0.0134. The summed E-state index contributed by atoms with van der Waals surface area (Å²) in [5, 5.41) is 39.2. The van der Waals surface area contributed by atoms with Gasteiger partial charge in [0, 0.05) is 65.3 Å². The van der Waals surface area contributed by atoms with Gasteiger partial charge in [-0.25, -0.2) is 37.4 Å². The first-order chi connectivity index (χ1) is 54.6. The van der Waals surface area contributed by atoms with Crippen molar-refractivity contribution >= 4 is 121 Å². The third-order valence-electron chi connectivity index (χ3n) is 19.3. The number of fused-ring (bicyclic) bond motifs is 5. The van der Waals surface area contributed by atoms with Gasteiger partial charge in [-0.2, -0.15) is 0 Å². The molecule has 35 nitrogen and oxygen atoms in total. The van der Waals surface area contributed by atoms with Crippen LogP contribution in [-0.4, -0.2) is 162 Å². The molecule has 6 aromatic rings. The molecule has 3 aliphatic rings. The van der Waals surface area contributed by atoms with E-state index in [1.165, 1.54) is 82.3 Å². The Labute approximate surface area is 663 Å². The van der Waals surface area contributed by atoms with Crippen molar-refractivity contribution in [1.29, 1.82) is 0 Å². The number of carbonyl (C=O) groups is 13. The highest BCUT2D eigenvalue weighted by molar-refractivity contribution is 7.92. The van der Waals surface area contributed by atoms with Gasteiger partial charge in [0.05, 0.1) is 59.3 Å². The number of carboxylic acids is 1. The first-order valence-corrected chi connectivity index (χ1v) is 39.5. The highest BCUT2D eigenvalue weighted by atomic mass is 32.2. The van der Waals surface area contributed by atoms with E-state index in [2.05, 4.69) is 63.2 Å². The van der Waals surface area contributed by atoms with E-state index in [4.69, 9.17) is 20.2 Å². The maximum Gasteiger partial charge on any atom is 0.355 e. The van der Waals surface area contributed by atoms with Crippen LogP contribution in [-0.2, 0) is 86.2 Å². The molecule has 0 bridgehead atoms. The summed E-state index contributed by atoms with van der Waals surface area (Å²) in [4.78, 5) is 195. The van der Waals surface area contributed by atoms with Crippen LogP contribution in [0.25, 0.3) is 22.3 Å². The minimum Gasteiger partial charge on any atom is -0.481 e. The van der Waals surface area contributed by atoms with Crippen LogP contribution in [0.3, 0.4) is 0 Å². The first-order valence-electron chi connectivity index (χ1n) is 38.0. The minimum atomic E-state index is -4.22. The summed E-state index contributed by atoms with van der Waals surface area (Å²) in [6, 6.07) is 18.4. The van der Waals surface area contributed by atoms with Crippen molar-refractivity contribution < 1.29 is 85.3 Å². The number of aliphatic carboxylic acids is 1. The summed E-state index contributed by atoms with van der Waals surface area (Å²) in [6.07, 6.45) is 0.107. The fraction of sp³-hybridized carbons (Fsp3) is 0.430. The Bertz CT molecular complexity index is 4880. The molecule has 3 aliphatic heterocycles. The van der Waals surface area contributed by atoms with Crippen LogP contribution in [0.4, 0.5) is 37.1 Å². The summed E-state index contributed by atoms with van der Waals surface area (Å²) in [5.41, 5.74) is 6.57. The third kappa shape index (κ3) is 22.7. The standard InChI is InChI=1S/C79H98N16O19S/c1-9-29-81-76(108)86-51-19-14-21-53(36-51)115(111,112)93-52-20-13-18-47(35-52)57(39-66(99)100)91-78(110)85-50-27-25-49(26-28-50)84-77(109)82-30-15-24-65(98)94-31-16-23-61(94)72(104)90-58(32-43(3)4)69(101)83-40-64(97)87-59(33-44(5)6)70(102)89-60(38-63(80)96)71(103)92-67(45(7)8)74(106)114-79(10-2)55-37-62-68-48(34-46-17-11-12-22-56(46)88-68)41-95(62)73(105)54(55)42-113-75(79)107/h11-14,17-22,25-28,34-37,43-45,57-61,67,93H,9-10,15-16,23-24,29-33,38-42H2,1-8H3,(H2,80,96)(H,83,101)(H,87,97)(H,89,102)(H,90,104)(H,92,103)(H,99,100)(H2,81,86,108)(H2,82,84,109)(H2,85,91,110)/t57?,58-,59+,60+,61+,67+,79+/m0/s1. The maximum absolute atomic E-state index is 14.5. The van der Waals surface area contributed by atoms with E-state index in [1.807, 2.05) is 51.1 Å². The van der Waals surface area contributed by atoms with Crippen molar-refractivity contribution in [2.24, 2.45) is 23.5 Å². The fourth-order valence-electron chi connectivity index (χ4n) is 13.6. The number of hydrogen-bond acceptors (Lipinski definition) is 19. The number of urea groups is 3. The predicted octanol–water partition coefficient (Wildman–Crippen LogP) is 5.57. The number of hydrogen-bond donors (Lipinski definition) is 14. The average molecular weight is 1610 g/mol. The zero-order valence-corrected chi connectivity index (χ0v) is 65.8. The van der Waals surface area contributed by atoms with Crippen molar-refractivity contribution in [3.8, 4) is 11.4 Å². The average Bonchev–Trinajstić information content (AvgIpc) is 1.65. The molecule has 0 aliphatic carbocycles. The van der Waals surface area contributed by atoms with Crippen LogP contribution in [0.15, 0.2) is 119 Å². The summed E-state index contributed by atoms with van der Waals surface area (Å²) in [6.45, 7) is 13.5. The summed E-state index contributed by atoms with van der Waals surface area (Å²) in [5.74, 6) is -10.1. The molecule has 0 spiro atoms. The number of pyridine rings is 2. The lowest BCUT2D eigenvalue weighted by Crippen LogP contribution is -2.59. The van der Waals surface area contributed by atoms with Crippen molar-refractivity contribution in [2.75, 3.05) is 46.9 Å². The van der Waals surface area contributed by atoms with E-state index in [-0.39, 0.29) is 115 Å². The van der Waals surface area contributed by atoms with Crippen LogP contribution in [0, 0.1) is 17.8 Å². The highest BCUT2D eigenvalue weighted by Gasteiger charge is 2.52. The number of nitrogens with one attached hydrogen (secondary N) is 12. The number of nitrogens with zero attached hydrogens (tertiary/aromatic N) is 3. The summed E-state index contributed by atoms with van der Waals surface area (Å²) < 4.78 is 42.4. The number of aromatic nitrogens is 2. The molecule has 115 heavy (non-hydrogen) atoms. The van der Waals surface area contributed by atoms with Gasteiger partial charge in [0.1, 0.15) is 36.8 Å². The number of carbonyl (C=O) groups excluding carboxylic acids is 12. The molecule has 7 atom stereocenters. The lowest BCUT2D eigenvalue weighted by atomic mass is 9.85. The monoisotopic (exact) mass is 1610 g/mol. The van der Waals surface area contributed by atoms with Crippen molar-refractivity contribution in [1.82, 2.24) is 57.0 Å². The van der Waals surface area contributed by atoms with Gasteiger partial charge in [0.15, 0.2) is 0 Å². The van der Waals surface area contributed by atoms with Gasteiger partial charge >= 0.3 is 36.0 Å². The van der Waals surface area contributed by atoms with Crippen LogP contribution in [0.2, 0.25) is 0 Å². The van der Waals surface area contributed by atoms with E-state index >= 15 is 0 Å². The fourth-order valence-corrected chi connectivity index (χ4v) is 14.7. The van der Waals surface area contributed by atoms with E-state index in [1.54, 1.807) is 40.7 Å². The quantitative estimate of drug-likeness (QED) is 0.0168. The number of ether oxygens (including phenoxy) is 2. The number of amides is 13. The molecule has 5 heterocycles. The van der Waals surface area contributed by atoms with Gasteiger partial charge in [0.25, 0.3) is 15.6 Å². The maximum atomic E-state index is 14.5. The molecular formula is C79H98N16O19S. The Morgan fingerprint density at radius 3 is 1.98 bits per heavy atom. The highest BCUT2D eigenvalue weighted by Crippen LogP contribution is 2.42. The van der Waals surface area contributed by atoms with Crippen LogP contribution >= 0.6 is 0 Å². The number of para-hydroxylation sites is 1. The lowest BCUT2D eigenvalue weighted by molar-refractivity contribution is -0.191. The Morgan fingerprint density at radius 2 is 1.32 bits per heavy atom. The van der Waals surface area contributed by atoms with Gasteiger partial charge in [-0.15, -0.1) is 0 Å². The van der Waals surface area contributed by atoms with E-state index < -0.39 is 161 Å². The third-order valence-corrected chi connectivity index (χ3v) is 20.7. The number of benzene rings is 4. The zero-order valence-electron chi connectivity index (χ0n) is 65.0. The Hall–Kier alpha value is -12.5. The molecule has 0 saturated carbocycles.